The van der Waals surface area contributed by atoms with Crippen LogP contribution in [0.3, 0.4) is 0 Å². The number of fused-ring (bicyclic) bond motifs is 1. The van der Waals surface area contributed by atoms with Gasteiger partial charge in [-0.25, -0.2) is 0 Å². The fraction of sp³-hybridized carbons (Fsp3) is 0.700. The van der Waals surface area contributed by atoms with Crippen molar-refractivity contribution in [2.45, 2.75) is 32.1 Å². The van der Waals surface area contributed by atoms with Crippen molar-refractivity contribution < 1.29 is 0 Å². The average Bonchev–Trinajstić information content (AvgIpc) is 2.67. The predicted octanol–water partition coefficient (Wildman–Crippen LogP) is 0.971. The van der Waals surface area contributed by atoms with Gasteiger partial charge >= 0.3 is 0 Å². The van der Waals surface area contributed by atoms with Gasteiger partial charge in [-0.05, 0) is 25.8 Å². The van der Waals surface area contributed by atoms with Crippen LogP contribution < -0.4 is 5.73 Å². The van der Waals surface area contributed by atoms with Gasteiger partial charge in [-0.1, -0.05) is 6.92 Å². The molecule has 2 rings (SSSR count). The third-order valence-electron chi connectivity index (χ3n) is 3.04. The molecule has 3 nitrogen and oxygen atoms in total. The van der Waals surface area contributed by atoms with E-state index in [0.717, 1.165) is 19.4 Å². The minimum absolute atomic E-state index is 0.568. The molecule has 3 heteroatoms. The Morgan fingerprint density at radius 1 is 1.62 bits per heavy atom. The first kappa shape index (κ1) is 8.75. The van der Waals surface area contributed by atoms with Crippen molar-refractivity contribution in [2.75, 3.05) is 6.54 Å². The zero-order chi connectivity index (χ0) is 9.42. The van der Waals surface area contributed by atoms with Gasteiger partial charge in [-0.2, -0.15) is 5.10 Å². The first-order valence-corrected chi connectivity index (χ1v) is 5.02. The molecule has 72 valence electrons. The molecule has 2 N–H and O–H groups in total. The number of nitrogens with zero attached hydrogens (tertiary/aromatic N) is 2. The Balaban J connectivity index is 2.47. The topological polar surface area (TPSA) is 43.8 Å². The van der Waals surface area contributed by atoms with E-state index in [1.165, 1.54) is 23.4 Å². The molecular weight excluding hydrogens is 162 g/mol. The molecule has 1 aliphatic rings. The lowest BCUT2D eigenvalue weighted by molar-refractivity contribution is 0.644. The summed E-state index contributed by atoms with van der Waals surface area (Å²) in [6.45, 7) is 2.93. The zero-order valence-corrected chi connectivity index (χ0v) is 8.38. The van der Waals surface area contributed by atoms with Gasteiger partial charge < -0.3 is 5.73 Å². The zero-order valence-electron chi connectivity index (χ0n) is 8.38. The molecule has 0 saturated heterocycles. The van der Waals surface area contributed by atoms with Crippen LogP contribution in [0, 0.1) is 0 Å². The fourth-order valence-corrected chi connectivity index (χ4v) is 2.36. The summed E-state index contributed by atoms with van der Waals surface area (Å²) in [6.07, 6.45) is 3.39. The van der Waals surface area contributed by atoms with Crippen molar-refractivity contribution in [2.24, 2.45) is 12.8 Å². The second-order valence-electron chi connectivity index (χ2n) is 3.76. The Morgan fingerprint density at radius 2 is 2.38 bits per heavy atom. The molecule has 1 aromatic heterocycles. The second kappa shape index (κ2) is 3.14. The number of hydrogen-bond donors (Lipinski definition) is 1. The van der Waals surface area contributed by atoms with Gasteiger partial charge in [-0.3, -0.25) is 4.68 Å². The van der Waals surface area contributed by atoms with E-state index in [9.17, 15) is 0 Å². The van der Waals surface area contributed by atoms with E-state index in [-0.39, 0.29) is 0 Å². The Morgan fingerprint density at radius 3 is 3.00 bits per heavy atom. The van der Waals surface area contributed by atoms with Crippen molar-refractivity contribution in [1.29, 1.82) is 0 Å². The van der Waals surface area contributed by atoms with Gasteiger partial charge in [0.05, 0.1) is 5.69 Å². The largest absolute Gasteiger partial charge is 0.330 e. The van der Waals surface area contributed by atoms with Gasteiger partial charge in [0, 0.05) is 24.2 Å². The van der Waals surface area contributed by atoms with Gasteiger partial charge in [0.15, 0.2) is 0 Å². The van der Waals surface area contributed by atoms with Gasteiger partial charge in [0.1, 0.15) is 0 Å². The monoisotopic (exact) mass is 179 g/mol. The Kier molecular flexibility index (Phi) is 2.12. The minimum atomic E-state index is 0.568. The summed E-state index contributed by atoms with van der Waals surface area (Å²) in [4.78, 5) is 0. The summed E-state index contributed by atoms with van der Waals surface area (Å²) in [5, 5.41) is 4.51. The molecule has 1 unspecified atom stereocenters. The average molecular weight is 179 g/mol. The first-order chi connectivity index (χ1) is 6.27. The van der Waals surface area contributed by atoms with Gasteiger partial charge in [-0.15, -0.1) is 0 Å². The van der Waals surface area contributed by atoms with Crippen molar-refractivity contribution in [3.63, 3.8) is 0 Å². The highest BCUT2D eigenvalue weighted by atomic mass is 15.3. The molecule has 0 spiro atoms. The molecule has 0 radical (unpaired) electrons. The van der Waals surface area contributed by atoms with E-state index in [0.29, 0.717) is 5.92 Å². The molecule has 1 heterocycles. The van der Waals surface area contributed by atoms with Crippen LogP contribution in [0.4, 0.5) is 0 Å². The van der Waals surface area contributed by atoms with Crippen LogP contribution in [-0.4, -0.2) is 16.3 Å². The molecule has 0 bridgehead atoms. The normalized spacial score (nSPS) is 20.7. The second-order valence-corrected chi connectivity index (χ2v) is 3.76. The Labute approximate surface area is 78.9 Å². The van der Waals surface area contributed by atoms with Crippen LogP contribution in [0.5, 0.6) is 0 Å². The number of aryl methyl sites for hydroxylation is 2. The molecular formula is C10H17N3. The van der Waals surface area contributed by atoms with Gasteiger partial charge in [0.2, 0.25) is 0 Å². The van der Waals surface area contributed by atoms with Crippen molar-refractivity contribution in [3.8, 4) is 0 Å². The van der Waals surface area contributed by atoms with Crippen LogP contribution in [0.15, 0.2) is 0 Å². The SMILES string of the molecule is CCc1nn(C)c2c1C(CN)CC2. The Hall–Kier alpha value is -0.830. The maximum absolute atomic E-state index is 5.74. The summed E-state index contributed by atoms with van der Waals surface area (Å²) in [5.41, 5.74) is 9.86. The standard InChI is InChI=1S/C10H17N3/c1-3-8-10-7(6-11)4-5-9(10)13(2)12-8/h7H,3-6,11H2,1-2H3. The molecule has 0 saturated carbocycles. The Bertz CT molecular complexity index is 314. The number of rotatable bonds is 2. The van der Waals surface area contributed by atoms with Crippen LogP contribution in [0.1, 0.15) is 36.2 Å². The number of hydrogen-bond acceptors (Lipinski definition) is 2. The van der Waals surface area contributed by atoms with Gasteiger partial charge in [0.25, 0.3) is 0 Å². The minimum Gasteiger partial charge on any atom is -0.330 e. The molecule has 13 heavy (non-hydrogen) atoms. The first-order valence-electron chi connectivity index (χ1n) is 5.02. The van der Waals surface area contributed by atoms with E-state index < -0.39 is 0 Å². The highest BCUT2D eigenvalue weighted by Crippen LogP contribution is 2.34. The summed E-state index contributed by atoms with van der Waals surface area (Å²) in [6, 6.07) is 0. The number of nitrogens with two attached hydrogens (primary N) is 1. The highest BCUT2D eigenvalue weighted by Gasteiger charge is 2.27. The molecule has 1 aliphatic carbocycles. The van der Waals surface area contributed by atoms with E-state index >= 15 is 0 Å². The molecule has 0 fully saturated rings. The maximum atomic E-state index is 5.74. The van der Waals surface area contributed by atoms with Crippen LogP contribution in [-0.2, 0) is 19.9 Å². The lowest BCUT2D eigenvalue weighted by Gasteiger charge is -2.06. The van der Waals surface area contributed by atoms with E-state index in [1.807, 2.05) is 11.7 Å². The van der Waals surface area contributed by atoms with Crippen molar-refractivity contribution in [3.05, 3.63) is 17.0 Å². The quantitative estimate of drug-likeness (QED) is 0.735. The van der Waals surface area contributed by atoms with E-state index in [2.05, 4.69) is 12.0 Å². The van der Waals surface area contributed by atoms with Crippen molar-refractivity contribution >= 4 is 0 Å². The summed E-state index contributed by atoms with van der Waals surface area (Å²) >= 11 is 0. The van der Waals surface area contributed by atoms with Crippen LogP contribution in [0.25, 0.3) is 0 Å². The number of aromatic nitrogens is 2. The third-order valence-corrected chi connectivity index (χ3v) is 3.04. The molecule has 0 aromatic carbocycles. The maximum Gasteiger partial charge on any atom is 0.0659 e. The molecule has 0 amide bonds. The molecule has 1 aromatic rings. The van der Waals surface area contributed by atoms with E-state index in [1.54, 1.807) is 0 Å². The fourth-order valence-electron chi connectivity index (χ4n) is 2.36. The predicted molar refractivity (Wildman–Crippen MR) is 52.7 cm³/mol. The van der Waals surface area contributed by atoms with Crippen LogP contribution in [0.2, 0.25) is 0 Å². The van der Waals surface area contributed by atoms with E-state index in [4.69, 9.17) is 5.73 Å². The smallest absolute Gasteiger partial charge is 0.0659 e. The van der Waals surface area contributed by atoms with Crippen molar-refractivity contribution in [1.82, 2.24) is 9.78 Å². The summed E-state index contributed by atoms with van der Waals surface area (Å²) < 4.78 is 2.03. The summed E-state index contributed by atoms with van der Waals surface area (Å²) in [5.74, 6) is 0.568. The lowest BCUT2D eigenvalue weighted by atomic mass is 10.0. The third kappa shape index (κ3) is 1.18. The molecule has 1 atom stereocenters. The lowest BCUT2D eigenvalue weighted by Crippen LogP contribution is -2.10. The highest BCUT2D eigenvalue weighted by molar-refractivity contribution is 5.35. The van der Waals surface area contributed by atoms with Crippen LogP contribution >= 0.6 is 0 Å². The summed E-state index contributed by atoms with van der Waals surface area (Å²) in [7, 11) is 2.04. The molecule has 0 aliphatic heterocycles.